The van der Waals surface area contributed by atoms with Crippen LogP contribution in [0.2, 0.25) is 0 Å². The number of ether oxygens (including phenoxy) is 1. The lowest BCUT2D eigenvalue weighted by Gasteiger charge is -2.37. The number of hydrogen-bond donors (Lipinski definition) is 1. The maximum Gasteiger partial charge on any atom is 0.429 e. The van der Waals surface area contributed by atoms with Crippen LogP contribution in [-0.4, -0.2) is 79.1 Å². The van der Waals surface area contributed by atoms with E-state index in [0.717, 1.165) is 80.8 Å². The molecular weight excluding hydrogens is 554 g/mol. The number of piperidine rings is 2. The van der Waals surface area contributed by atoms with Gasteiger partial charge in [0, 0.05) is 43.7 Å². The molecule has 231 valence electrons. The second-order valence-electron chi connectivity index (χ2n) is 11.5. The molecule has 0 aliphatic carbocycles. The Bertz CT molecular complexity index is 1400. The summed E-state index contributed by atoms with van der Waals surface area (Å²) in [4.78, 5) is 42.1. The van der Waals surface area contributed by atoms with Crippen molar-refractivity contribution in [2.24, 2.45) is 11.7 Å². The summed E-state index contributed by atoms with van der Waals surface area (Å²) in [5, 5.41) is 3.70. The molecule has 3 amide bonds. The fraction of sp³-hybridized carbons (Fsp3) is 0.371. The number of primary amides is 1. The molecule has 9 heteroatoms. The van der Waals surface area contributed by atoms with Gasteiger partial charge in [-0.2, -0.15) is 0 Å². The standard InChI is InChI=1S/C35H42N5O4/c1-37(34(42)30-16-14-27(15-17-30)26-38-22-18-29(19-23-38)33(36)41)24-25-44-35(43)40(39-20-8-3-9-21-39)32-13-7-6-12-31(32)28-10-4-2-5-11-28/h2-7,10-17,29H,8-9,18-26H2,1H3,(H2,36,41). The number of amides is 3. The molecule has 2 fully saturated rings. The Morgan fingerprint density at radius 1 is 0.864 bits per heavy atom. The van der Waals surface area contributed by atoms with Crippen LogP contribution in [0.25, 0.3) is 11.1 Å². The normalized spacial score (nSPS) is 16.3. The van der Waals surface area contributed by atoms with E-state index in [2.05, 4.69) is 11.3 Å². The molecule has 3 aromatic carbocycles. The largest absolute Gasteiger partial charge is 0.446 e. The highest BCUT2D eigenvalue weighted by atomic mass is 16.6. The Hall–Kier alpha value is -4.21. The molecule has 0 spiro atoms. The van der Waals surface area contributed by atoms with E-state index in [-0.39, 0.29) is 30.9 Å². The summed E-state index contributed by atoms with van der Waals surface area (Å²) in [6, 6.07) is 25.5. The predicted molar refractivity (Wildman–Crippen MR) is 171 cm³/mol. The van der Waals surface area contributed by atoms with Gasteiger partial charge in [-0.05, 0) is 74.5 Å². The van der Waals surface area contributed by atoms with Crippen LogP contribution >= 0.6 is 0 Å². The van der Waals surface area contributed by atoms with E-state index in [1.165, 1.54) is 0 Å². The topological polar surface area (TPSA) is 99.4 Å². The summed E-state index contributed by atoms with van der Waals surface area (Å²) in [5.41, 5.74) is 9.89. The first-order chi connectivity index (χ1) is 21.4. The molecule has 5 rings (SSSR count). The molecule has 3 aromatic rings. The summed E-state index contributed by atoms with van der Waals surface area (Å²) < 4.78 is 5.79. The van der Waals surface area contributed by atoms with Crippen LogP contribution in [-0.2, 0) is 16.1 Å². The molecule has 0 saturated carbocycles. The third-order valence-corrected chi connectivity index (χ3v) is 8.45. The van der Waals surface area contributed by atoms with Crippen molar-refractivity contribution < 1.29 is 19.1 Å². The summed E-state index contributed by atoms with van der Waals surface area (Å²) in [5.74, 6) is -0.372. The number of carbonyl (C=O) groups is 3. The monoisotopic (exact) mass is 596 g/mol. The Morgan fingerprint density at radius 3 is 2.20 bits per heavy atom. The highest BCUT2D eigenvalue weighted by Gasteiger charge is 2.29. The molecule has 1 radical (unpaired) electrons. The van der Waals surface area contributed by atoms with Crippen LogP contribution in [0, 0.1) is 12.3 Å². The number of likely N-dealkylation sites (tertiary alicyclic amines) is 1. The Balaban J connectivity index is 1.17. The van der Waals surface area contributed by atoms with Gasteiger partial charge in [0.1, 0.15) is 6.61 Å². The number of para-hydroxylation sites is 1. The minimum atomic E-state index is -0.458. The number of carbonyl (C=O) groups excluding carboxylic acids is 3. The molecule has 2 saturated heterocycles. The summed E-state index contributed by atoms with van der Waals surface area (Å²) >= 11 is 0. The van der Waals surface area contributed by atoms with Crippen molar-refractivity contribution in [3.05, 3.63) is 96.4 Å². The number of likely N-dealkylation sites (N-methyl/N-ethyl adjacent to an activating group) is 1. The smallest absolute Gasteiger partial charge is 0.429 e. The van der Waals surface area contributed by atoms with Crippen molar-refractivity contribution in [1.82, 2.24) is 14.8 Å². The Morgan fingerprint density at radius 2 is 1.52 bits per heavy atom. The number of benzene rings is 3. The molecular formula is C35H42N5O4. The van der Waals surface area contributed by atoms with Crippen molar-refractivity contribution in [2.75, 3.05) is 51.4 Å². The number of rotatable bonds is 10. The van der Waals surface area contributed by atoms with Crippen molar-refractivity contribution in [3.63, 3.8) is 0 Å². The summed E-state index contributed by atoms with van der Waals surface area (Å²) in [7, 11) is 1.72. The number of hydrogen-bond acceptors (Lipinski definition) is 6. The van der Waals surface area contributed by atoms with Crippen LogP contribution in [0.4, 0.5) is 10.5 Å². The number of nitrogens with zero attached hydrogens (tertiary/aromatic N) is 4. The zero-order valence-electron chi connectivity index (χ0n) is 25.4. The van der Waals surface area contributed by atoms with E-state index in [1.807, 2.05) is 83.9 Å². The van der Waals surface area contributed by atoms with Gasteiger partial charge in [0.15, 0.2) is 0 Å². The van der Waals surface area contributed by atoms with E-state index in [0.29, 0.717) is 5.56 Å². The molecule has 2 N–H and O–H groups in total. The molecule has 2 aliphatic rings. The van der Waals surface area contributed by atoms with Crippen LogP contribution in [0.5, 0.6) is 0 Å². The van der Waals surface area contributed by atoms with Crippen molar-refractivity contribution in [1.29, 1.82) is 0 Å². The van der Waals surface area contributed by atoms with Crippen molar-refractivity contribution >= 4 is 23.6 Å². The molecule has 44 heavy (non-hydrogen) atoms. The maximum atomic E-state index is 13.6. The lowest BCUT2D eigenvalue weighted by molar-refractivity contribution is -0.123. The molecule has 0 aromatic heterocycles. The van der Waals surface area contributed by atoms with E-state index in [4.69, 9.17) is 10.5 Å². The molecule has 0 bridgehead atoms. The second-order valence-corrected chi connectivity index (χ2v) is 11.5. The number of nitrogens with two attached hydrogens (primary N) is 1. The first-order valence-corrected chi connectivity index (χ1v) is 15.4. The van der Waals surface area contributed by atoms with Crippen LogP contribution < -0.4 is 10.7 Å². The van der Waals surface area contributed by atoms with Gasteiger partial charge in [-0.15, -0.1) is 0 Å². The summed E-state index contributed by atoms with van der Waals surface area (Å²) in [6.45, 7) is 4.22. The van der Waals surface area contributed by atoms with E-state index >= 15 is 0 Å². The fourth-order valence-electron chi connectivity index (χ4n) is 5.86. The zero-order valence-corrected chi connectivity index (χ0v) is 25.4. The van der Waals surface area contributed by atoms with Crippen LogP contribution in [0.1, 0.15) is 41.6 Å². The third kappa shape index (κ3) is 7.84. The first kappa shape index (κ1) is 31.2. The van der Waals surface area contributed by atoms with E-state index < -0.39 is 6.09 Å². The van der Waals surface area contributed by atoms with Crippen molar-refractivity contribution in [2.45, 2.75) is 32.2 Å². The van der Waals surface area contributed by atoms with Crippen LogP contribution in [0.3, 0.4) is 0 Å². The second kappa shape index (κ2) is 15.0. The maximum absolute atomic E-state index is 13.6. The number of anilines is 1. The van der Waals surface area contributed by atoms with Gasteiger partial charge in [0.05, 0.1) is 12.2 Å². The lowest BCUT2D eigenvalue weighted by atomic mass is 9.96. The average molecular weight is 597 g/mol. The molecule has 9 nitrogen and oxygen atoms in total. The SMILES string of the molecule is CN(CCOC(=O)N(c1ccccc1-c1ccccc1)N1CC[CH]CC1)C(=O)c1ccc(CN2CCC(C(N)=O)CC2)cc1. The molecule has 0 unspecified atom stereocenters. The van der Waals surface area contributed by atoms with Gasteiger partial charge in [-0.3, -0.25) is 14.5 Å². The predicted octanol–water partition coefficient (Wildman–Crippen LogP) is 4.98. The van der Waals surface area contributed by atoms with Gasteiger partial charge in [-0.25, -0.2) is 14.8 Å². The van der Waals surface area contributed by atoms with Gasteiger partial charge in [0.25, 0.3) is 5.91 Å². The van der Waals surface area contributed by atoms with Gasteiger partial charge in [0.2, 0.25) is 5.91 Å². The minimum absolute atomic E-state index is 0.0300. The fourth-order valence-corrected chi connectivity index (χ4v) is 5.86. The molecule has 2 aliphatic heterocycles. The third-order valence-electron chi connectivity index (χ3n) is 8.45. The van der Waals surface area contributed by atoms with Crippen LogP contribution in [0.15, 0.2) is 78.9 Å². The van der Waals surface area contributed by atoms with E-state index in [1.54, 1.807) is 17.0 Å². The van der Waals surface area contributed by atoms with Crippen molar-refractivity contribution in [3.8, 4) is 11.1 Å². The lowest BCUT2D eigenvalue weighted by Crippen LogP contribution is -2.50. The highest BCUT2D eigenvalue weighted by Crippen LogP contribution is 2.33. The average Bonchev–Trinajstić information content (AvgIpc) is 3.06. The van der Waals surface area contributed by atoms with Gasteiger partial charge < -0.3 is 15.4 Å². The first-order valence-electron chi connectivity index (χ1n) is 15.4. The molecule has 2 heterocycles. The molecule has 0 atom stereocenters. The van der Waals surface area contributed by atoms with Gasteiger partial charge in [-0.1, -0.05) is 60.7 Å². The zero-order chi connectivity index (χ0) is 30.9. The highest BCUT2D eigenvalue weighted by molar-refractivity contribution is 5.94. The van der Waals surface area contributed by atoms with E-state index in [9.17, 15) is 14.4 Å². The quantitative estimate of drug-likeness (QED) is 0.355. The van der Waals surface area contributed by atoms with Gasteiger partial charge >= 0.3 is 6.09 Å². The minimum Gasteiger partial charge on any atom is -0.446 e. The summed E-state index contributed by atoms with van der Waals surface area (Å²) in [6.07, 6.45) is 5.14. The number of hydrazine groups is 1. The Kier molecular flexibility index (Phi) is 10.6. The Labute approximate surface area is 260 Å².